The molecule has 5 rings (SSSR count). The zero-order valence-corrected chi connectivity index (χ0v) is 20.9. The van der Waals surface area contributed by atoms with Crippen molar-refractivity contribution in [3.05, 3.63) is 35.5 Å². The van der Waals surface area contributed by atoms with Gasteiger partial charge in [0.1, 0.15) is 5.52 Å². The van der Waals surface area contributed by atoms with Gasteiger partial charge in [0.15, 0.2) is 5.65 Å². The molecule has 9 nitrogen and oxygen atoms in total. The van der Waals surface area contributed by atoms with Crippen molar-refractivity contribution in [1.82, 2.24) is 24.8 Å². The Bertz CT molecular complexity index is 1200. The van der Waals surface area contributed by atoms with Crippen molar-refractivity contribution >= 4 is 46.3 Å². The molecule has 1 saturated carbocycles. The summed E-state index contributed by atoms with van der Waals surface area (Å²) in [7, 11) is 0. The molecule has 2 aliphatic rings. The summed E-state index contributed by atoms with van der Waals surface area (Å²) in [5.74, 6) is 1.34. The van der Waals surface area contributed by atoms with E-state index < -0.39 is 0 Å². The lowest BCUT2D eigenvalue weighted by atomic mass is 9.91. The lowest BCUT2D eigenvalue weighted by molar-refractivity contribution is -0.119. The van der Waals surface area contributed by atoms with E-state index in [2.05, 4.69) is 32.4 Å². The fraction of sp³-hybridized carbons (Fsp3) is 0.520. The third-order valence-corrected chi connectivity index (χ3v) is 7.23. The van der Waals surface area contributed by atoms with Gasteiger partial charge in [0.05, 0.1) is 6.20 Å². The summed E-state index contributed by atoms with van der Waals surface area (Å²) in [4.78, 5) is 25.9. The monoisotopic (exact) mass is 497 g/mol. The highest BCUT2D eigenvalue weighted by Crippen LogP contribution is 2.35. The molecule has 1 aromatic carbocycles. The number of carbonyl (C=O) groups is 1. The standard InChI is InChI=1S/C25H32ClN7O2/c1-16(34)28-18-6-8-20(9-7-18)33-22-21(30-24(33)29-19-5-3-4-17(26)14-19)15-27-23(31-22)32-25(2)10-12-35-13-11-25/h3-5,14-15,18,20H,6-13H2,1-2H3,(H,28,34)(H,29,30)(H,27,31,32)/t18-,20-. The first kappa shape index (κ1) is 23.8. The van der Waals surface area contributed by atoms with Crippen molar-refractivity contribution in [2.24, 2.45) is 0 Å². The van der Waals surface area contributed by atoms with Crippen LogP contribution in [0.25, 0.3) is 11.2 Å². The third kappa shape index (κ3) is 5.51. The summed E-state index contributed by atoms with van der Waals surface area (Å²) in [6, 6.07) is 8.01. The average Bonchev–Trinajstić information content (AvgIpc) is 3.16. The molecule has 35 heavy (non-hydrogen) atoms. The second-order valence-electron chi connectivity index (χ2n) is 9.85. The Kier molecular flexibility index (Phi) is 6.80. The Hall–Kier alpha value is -2.91. The summed E-state index contributed by atoms with van der Waals surface area (Å²) in [5, 5.41) is 10.7. The van der Waals surface area contributed by atoms with Crippen LogP contribution in [0.3, 0.4) is 0 Å². The Balaban J connectivity index is 1.48. The topological polar surface area (TPSA) is 106 Å². The number of ether oxygens (including phenoxy) is 1. The van der Waals surface area contributed by atoms with E-state index in [1.54, 1.807) is 13.1 Å². The van der Waals surface area contributed by atoms with Crippen LogP contribution < -0.4 is 16.0 Å². The summed E-state index contributed by atoms with van der Waals surface area (Å²) < 4.78 is 7.73. The van der Waals surface area contributed by atoms with Crippen LogP contribution in [0, 0.1) is 0 Å². The van der Waals surface area contributed by atoms with E-state index in [4.69, 9.17) is 26.3 Å². The normalized spacial score (nSPS) is 22.0. The Labute approximate surface area is 210 Å². The molecular formula is C25H32ClN7O2. The van der Waals surface area contributed by atoms with Gasteiger partial charge in [-0.2, -0.15) is 4.98 Å². The van der Waals surface area contributed by atoms with Gasteiger partial charge in [-0.15, -0.1) is 0 Å². The molecule has 1 aliphatic carbocycles. The van der Waals surface area contributed by atoms with Crippen molar-refractivity contribution < 1.29 is 9.53 Å². The van der Waals surface area contributed by atoms with Gasteiger partial charge < -0.3 is 20.7 Å². The molecule has 1 amide bonds. The van der Waals surface area contributed by atoms with Crippen LogP contribution in [0.1, 0.15) is 58.4 Å². The number of hydrogen-bond donors (Lipinski definition) is 3. The van der Waals surface area contributed by atoms with E-state index in [-0.39, 0.29) is 23.5 Å². The summed E-state index contributed by atoms with van der Waals surface area (Å²) >= 11 is 6.22. The van der Waals surface area contributed by atoms with Gasteiger partial charge in [-0.25, -0.2) is 9.97 Å². The molecule has 186 valence electrons. The van der Waals surface area contributed by atoms with Crippen LogP contribution in [0.2, 0.25) is 5.02 Å². The van der Waals surface area contributed by atoms with Crippen LogP contribution in [0.4, 0.5) is 17.6 Å². The average molecular weight is 498 g/mol. The Morgan fingerprint density at radius 3 is 2.66 bits per heavy atom. The number of aromatic nitrogens is 4. The van der Waals surface area contributed by atoms with E-state index in [9.17, 15) is 4.79 Å². The molecule has 0 spiro atoms. The van der Waals surface area contributed by atoms with E-state index >= 15 is 0 Å². The Morgan fingerprint density at radius 1 is 1.17 bits per heavy atom. The number of halogens is 1. The van der Waals surface area contributed by atoms with Crippen LogP contribution in [0.15, 0.2) is 30.5 Å². The lowest BCUT2D eigenvalue weighted by Crippen LogP contribution is -2.41. The van der Waals surface area contributed by atoms with Gasteiger partial charge in [0.2, 0.25) is 17.8 Å². The number of nitrogens with one attached hydrogen (secondary N) is 3. The molecule has 1 saturated heterocycles. The number of fused-ring (bicyclic) bond motifs is 1. The number of amides is 1. The van der Waals surface area contributed by atoms with Crippen molar-refractivity contribution in [1.29, 1.82) is 0 Å². The van der Waals surface area contributed by atoms with Crippen LogP contribution in [-0.2, 0) is 9.53 Å². The molecule has 0 unspecified atom stereocenters. The van der Waals surface area contributed by atoms with E-state index in [0.717, 1.165) is 68.6 Å². The molecule has 2 aromatic heterocycles. The zero-order chi connectivity index (χ0) is 24.4. The van der Waals surface area contributed by atoms with Crippen molar-refractivity contribution in [3.8, 4) is 0 Å². The third-order valence-electron chi connectivity index (χ3n) is 6.99. The maximum absolute atomic E-state index is 11.5. The second-order valence-corrected chi connectivity index (χ2v) is 10.3. The van der Waals surface area contributed by atoms with Crippen LogP contribution in [0.5, 0.6) is 0 Å². The quantitative estimate of drug-likeness (QED) is 0.448. The van der Waals surface area contributed by atoms with Gasteiger partial charge in [0, 0.05) is 48.5 Å². The van der Waals surface area contributed by atoms with Crippen molar-refractivity contribution in [2.75, 3.05) is 23.8 Å². The number of carbonyl (C=O) groups excluding carboxylic acids is 1. The van der Waals surface area contributed by atoms with E-state index in [1.807, 2.05) is 24.3 Å². The highest BCUT2D eigenvalue weighted by Gasteiger charge is 2.30. The first-order valence-corrected chi connectivity index (χ1v) is 12.7. The number of benzene rings is 1. The summed E-state index contributed by atoms with van der Waals surface area (Å²) in [5.41, 5.74) is 2.29. The second kappa shape index (κ2) is 9.99. The van der Waals surface area contributed by atoms with E-state index in [1.165, 1.54) is 0 Å². The molecule has 1 aliphatic heterocycles. The number of rotatable bonds is 6. The van der Waals surface area contributed by atoms with Crippen molar-refractivity contribution in [2.45, 2.75) is 70.0 Å². The van der Waals surface area contributed by atoms with Crippen LogP contribution in [-0.4, -0.2) is 50.2 Å². The zero-order valence-electron chi connectivity index (χ0n) is 20.2. The highest BCUT2D eigenvalue weighted by molar-refractivity contribution is 6.30. The minimum absolute atomic E-state index is 0.0231. The first-order valence-electron chi connectivity index (χ1n) is 12.3. The fourth-order valence-corrected chi connectivity index (χ4v) is 5.25. The number of hydrogen-bond acceptors (Lipinski definition) is 7. The SMILES string of the molecule is CC(=O)N[C@H]1CC[C@H](n2c(Nc3cccc(Cl)c3)nc3cnc(NC4(C)CCOCC4)nc32)CC1. The number of nitrogens with zero attached hydrogens (tertiary/aromatic N) is 4. The minimum atomic E-state index is -0.102. The first-order chi connectivity index (χ1) is 16.9. The molecule has 10 heteroatoms. The molecule has 0 radical (unpaired) electrons. The van der Waals surface area contributed by atoms with E-state index in [0.29, 0.717) is 16.9 Å². The minimum Gasteiger partial charge on any atom is -0.381 e. The van der Waals surface area contributed by atoms with Gasteiger partial charge >= 0.3 is 0 Å². The fourth-order valence-electron chi connectivity index (χ4n) is 5.06. The predicted octanol–water partition coefficient (Wildman–Crippen LogP) is 4.82. The van der Waals surface area contributed by atoms with Gasteiger partial charge in [-0.3, -0.25) is 9.36 Å². The maximum Gasteiger partial charge on any atom is 0.225 e. The largest absolute Gasteiger partial charge is 0.381 e. The molecule has 0 bridgehead atoms. The Morgan fingerprint density at radius 2 is 1.94 bits per heavy atom. The summed E-state index contributed by atoms with van der Waals surface area (Å²) in [6.07, 6.45) is 7.26. The molecule has 2 fully saturated rings. The van der Waals surface area contributed by atoms with Gasteiger partial charge in [0.25, 0.3) is 0 Å². The number of anilines is 3. The predicted molar refractivity (Wildman–Crippen MR) is 137 cm³/mol. The highest BCUT2D eigenvalue weighted by atomic mass is 35.5. The van der Waals surface area contributed by atoms with Gasteiger partial charge in [-0.1, -0.05) is 17.7 Å². The maximum atomic E-state index is 11.5. The lowest BCUT2D eigenvalue weighted by Gasteiger charge is -2.34. The molecule has 3 aromatic rings. The molecule has 0 atom stereocenters. The van der Waals surface area contributed by atoms with Crippen LogP contribution >= 0.6 is 11.6 Å². The number of imidazole rings is 1. The summed E-state index contributed by atoms with van der Waals surface area (Å²) in [6.45, 7) is 5.23. The molecule has 3 heterocycles. The van der Waals surface area contributed by atoms with Gasteiger partial charge in [-0.05, 0) is 63.6 Å². The molecule has 3 N–H and O–H groups in total. The molecular weight excluding hydrogens is 466 g/mol. The smallest absolute Gasteiger partial charge is 0.225 e. The van der Waals surface area contributed by atoms with Crippen molar-refractivity contribution in [3.63, 3.8) is 0 Å².